The van der Waals surface area contributed by atoms with E-state index in [9.17, 15) is 0 Å². The number of hydrogen-bond acceptors (Lipinski definition) is 1. The average Bonchev–Trinajstić information content (AvgIpc) is 2.29. The predicted octanol–water partition coefficient (Wildman–Crippen LogP) is 1.74. The fourth-order valence-corrected chi connectivity index (χ4v) is 2.65. The topological polar surface area (TPSA) is 3.24 Å². The molecule has 3 unspecified atom stereocenters. The normalized spacial score (nSPS) is 48.0. The lowest BCUT2D eigenvalue weighted by Crippen LogP contribution is -2.40. The number of piperidine rings is 1. The highest BCUT2D eigenvalue weighted by molar-refractivity contribution is 4.89. The molecule has 2 bridgehead atoms. The summed E-state index contributed by atoms with van der Waals surface area (Å²) < 4.78 is 0. The van der Waals surface area contributed by atoms with Crippen molar-refractivity contribution < 1.29 is 0 Å². The molecular formula is C9H17N. The summed E-state index contributed by atoms with van der Waals surface area (Å²) in [6.07, 6.45) is 4.51. The molecule has 1 saturated carbocycles. The Morgan fingerprint density at radius 1 is 1.30 bits per heavy atom. The largest absolute Gasteiger partial charge is 0.303 e. The van der Waals surface area contributed by atoms with Crippen LogP contribution in [0.15, 0.2) is 0 Å². The zero-order valence-corrected chi connectivity index (χ0v) is 7.01. The van der Waals surface area contributed by atoms with Gasteiger partial charge in [0.1, 0.15) is 0 Å². The molecule has 0 amide bonds. The standard InChI is InChI=1S/C9H17N/c1-7-9-4-3-8(5-9)6-10(7)2/h7-9H,3-6H2,1-2H3. The minimum absolute atomic E-state index is 0.860. The first-order valence-corrected chi connectivity index (χ1v) is 4.47. The maximum Gasteiger partial charge on any atom is 0.00923 e. The van der Waals surface area contributed by atoms with Gasteiger partial charge in [-0.3, -0.25) is 0 Å². The van der Waals surface area contributed by atoms with Crippen LogP contribution < -0.4 is 0 Å². The fraction of sp³-hybridized carbons (Fsp3) is 1.00. The fourth-order valence-electron chi connectivity index (χ4n) is 2.65. The number of likely N-dealkylation sites (tertiary alicyclic amines) is 1. The van der Waals surface area contributed by atoms with E-state index >= 15 is 0 Å². The first-order chi connectivity index (χ1) is 4.77. The predicted molar refractivity (Wildman–Crippen MR) is 42.9 cm³/mol. The van der Waals surface area contributed by atoms with E-state index < -0.39 is 0 Å². The van der Waals surface area contributed by atoms with Crippen molar-refractivity contribution in [1.82, 2.24) is 4.90 Å². The molecule has 0 spiro atoms. The Labute approximate surface area is 63.4 Å². The Bertz CT molecular complexity index is 133. The average molecular weight is 139 g/mol. The van der Waals surface area contributed by atoms with E-state index in [4.69, 9.17) is 0 Å². The molecule has 2 rings (SSSR count). The van der Waals surface area contributed by atoms with Crippen LogP contribution in [-0.4, -0.2) is 24.5 Å². The third-order valence-corrected chi connectivity index (χ3v) is 3.51. The van der Waals surface area contributed by atoms with Gasteiger partial charge < -0.3 is 4.90 Å². The molecule has 3 atom stereocenters. The molecular weight excluding hydrogens is 122 g/mol. The Morgan fingerprint density at radius 3 is 2.90 bits per heavy atom. The molecule has 0 aromatic heterocycles. The van der Waals surface area contributed by atoms with Gasteiger partial charge in [-0.15, -0.1) is 0 Å². The van der Waals surface area contributed by atoms with Gasteiger partial charge in [0.15, 0.2) is 0 Å². The lowest BCUT2D eigenvalue weighted by Gasteiger charge is -2.35. The van der Waals surface area contributed by atoms with E-state index in [0.717, 1.165) is 17.9 Å². The highest BCUT2D eigenvalue weighted by Gasteiger charge is 2.36. The third-order valence-electron chi connectivity index (χ3n) is 3.51. The molecule has 0 N–H and O–H groups in total. The van der Waals surface area contributed by atoms with Crippen molar-refractivity contribution in [1.29, 1.82) is 0 Å². The number of nitrogens with zero attached hydrogens (tertiary/aromatic N) is 1. The minimum Gasteiger partial charge on any atom is -0.303 e. The Morgan fingerprint density at radius 2 is 2.10 bits per heavy atom. The van der Waals surface area contributed by atoms with Crippen LogP contribution in [-0.2, 0) is 0 Å². The van der Waals surface area contributed by atoms with Crippen LogP contribution in [0.2, 0.25) is 0 Å². The van der Waals surface area contributed by atoms with Crippen molar-refractivity contribution in [2.45, 2.75) is 32.2 Å². The molecule has 0 radical (unpaired) electrons. The van der Waals surface area contributed by atoms with Gasteiger partial charge in [-0.05, 0) is 45.1 Å². The van der Waals surface area contributed by atoms with Crippen LogP contribution in [0, 0.1) is 11.8 Å². The van der Waals surface area contributed by atoms with Crippen molar-refractivity contribution in [3.05, 3.63) is 0 Å². The quantitative estimate of drug-likeness (QED) is 0.494. The van der Waals surface area contributed by atoms with E-state index in [1.165, 1.54) is 25.8 Å². The summed E-state index contributed by atoms with van der Waals surface area (Å²) >= 11 is 0. The molecule has 1 saturated heterocycles. The maximum absolute atomic E-state index is 2.53. The summed E-state index contributed by atoms with van der Waals surface area (Å²) in [5, 5.41) is 0. The summed E-state index contributed by atoms with van der Waals surface area (Å²) in [5.74, 6) is 2.08. The van der Waals surface area contributed by atoms with Gasteiger partial charge in [-0.1, -0.05) is 0 Å². The number of rotatable bonds is 0. The van der Waals surface area contributed by atoms with Gasteiger partial charge in [-0.2, -0.15) is 0 Å². The Balaban J connectivity index is 2.09. The smallest absolute Gasteiger partial charge is 0.00923 e. The molecule has 10 heavy (non-hydrogen) atoms. The lowest BCUT2D eigenvalue weighted by molar-refractivity contribution is 0.133. The van der Waals surface area contributed by atoms with Crippen LogP contribution in [0.5, 0.6) is 0 Å². The zero-order valence-electron chi connectivity index (χ0n) is 7.01. The van der Waals surface area contributed by atoms with Gasteiger partial charge in [0.2, 0.25) is 0 Å². The van der Waals surface area contributed by atoms with Crippen molar-refractivity contribution in [2.24, 2.45) is 11.8 Å². The summed E-state index contributed by atoms with van der Waals surface area (Å²) in [6.45, 7) is 3.74. The number of fused-ring (bicyclic) bond motifs is 2. The van der Waals surface area contributed by atoms with Gasteiger partial charge >= 0.3 is 0 Å². The SMILES string of the molecule is CC1C2CCC(C2)CN1C. The van der Waals surface area contributed by atoms with Crippen molar-refractivity contribution >= 4 is 0 Å². The van der Waals surface area contributed by atoms with Crippen molar-refractivity contribution in [3.63, 3.8) is 0 Å². The molecule has 2 aliphatic rings. The highest BCUT2D eigenvalue weighted by Crippen LogP contribution is 2.39. The van der Waals surface area contributed by atoms with Crippen LogP contribution in [0.1, 0.15) is 26.2 Å². The second-order valence-corrected chi connectivity index (χ2v) is 4.12. The van der Waals surface area contributed by atoms with Gasteiger partial charge in [0.05, 0.1) is 0 Å². The van der Waals surface area contributed by atoms with Gasteiger partial charge in [0.25, 0.3) is 0 Å². The van der Waals surface area contributed by atoms with Gasteiger partial charge in [0, 0.05) is 12.6 Å². The summed E-state index contributed by atoms with van der Waals surface area (Å²) in [5.41, 5.74) is 0. The molecule has 58 valence electrons. The van der Waals surface area contributed by atoms with E-state index in [1.807, 2.05) is 0 Å². The second-order valence-electron chi connectivity index (χ2n) is 4.12. The number of hydrogen-bond donors (Lipinski definition) is 0. The van der Waals surface area contributed by atoms with Crippen molar-refractivity contribution in [2.75, 3.05) is 13.6 Å². The Kier molecular flexibility index (Phi) is 1.48. The van der Waals surface area contributed by atoms with Gasteiger partial charge in [-0.25, -0.2) is 0 Å². The van der Waals surface area contributed by atoms with E-state index in [0.29, 0.717) is 0 Å². The zero-order chi connectivity index (χ0) is 7.14. The molecule has 1 aliphatic heterocycles. The minimum atomic E-state index is 0.860. The highest BCUT2D eigenvalue weighted by atomic mass is 15.1. The van der Waals surface area contributed by atoms with Crippen LogP contribution >= 0.6 is 0 Å². The lowest BCUT2D eigenvalue weighted by atomic mass is 9.92. The maximum atomic E-state index is 2.53. The van der Waals surface area contributed by atoms with Crippen LogP contribution in [0.4, 0.5) is 0 Å². The molecule has 1 nitrogen and oxygen atoms in total. The molecule has 0 aromatic rings. The van der Waals surface area contributed by atoms with E-state index in [1.54, 1.807) is 0 Å². The van der Waals surface area contributed by atoms with E-state index in [-0.39, 0.29) is 0 Å². The second kappa shape index (κ2) is 2.23. The monoisotopic (exact) mass is 139 g/mol. The molecule has 1 heteroatoms. The Hall–Kier alpha value is -0.0400. The van der Waals surface area contributed by atoms with Crippen LogP contribution in [0.25, 0.3) is 0 Å². The van der Waals surface area contributed by atoms with Crippen LogP contribution in [0.3, 0.4) is 0 Å². The molecule has 0 aromatic carbocycles. The summed E-state index contributed by atoms with van der Waals surface area (Å²) in [6, 6.07) is 0.860. The summed E-state index contributed by atoms with van der Waals surface area (Å²) in [4.78, 5) is 2.53. The first-order valence-electron chi connectivity index (χ1n) is 4.47. The third kappa shape index (κ3) is 0.878. The molecule has 2 fully saturated rings. The van der Waals surface area contributed by atoms with Crippen molar-refractivity contribution in [3.8, 4) is 0 Å². The molecule has 1 heterocycles. The first kappa shape index (κ1) is 6.66. The van der Waals surface area contributed by atoms with E-state index in [2.05, 4.69) is 18.9 Å². The summed E-state index contributed by atoms with van der Waals surface area (Å²) in [7, 11) is 2.27. The molecule has 1 aliphatic carbocycles.